The summed E-state index contributed by atoms with van der Waals surface area (Å²) in [6, 6.07) is 0. The number of Topliss-reactive ketones (excluding diaryl/α,β-unsaturated/α-hetero) is 1. The molecular weight excluding hydrogens is 477 g/mol. The van der Waals surface area contributed by atoms with Gasteiger partial charge in [0.05, 0.1) is 19.8 Å². The van der Waals surface area contributed by atoms with Gasteiger partial charge in [-0.05, 0) is 25.2 Å². The lowest BCUT2D eigenvalue weighted by Gasteiger charge is -2.56. The van der Waals surface area contributed by atoms with E-state index in [9.17, 15) is 31.5 Å². The van der Waals surface area contributed by atoms with Crippen LogP contribution in [0.2, 0.25) is 0 Å². The van der Waals surface area contributed by atoms with Crippen molar-refractivity contribution in [1.82, 2.24) is 0 Å². The molecule has 11 heteroatoms. The zero-order chi connectivity index (χ0) is 25.8. The molecule has 1 N–H and O–H groups in total. The van der Waals surface area contributed by atoms with Gasteiger partial charge in [-0.2, -0.15) is 21.6 Å². The second kappa shape index (κ2) is 8.60. The quantitative estimate of drug-likeness (QED) is 0.227. The summed E-state index contributed by atoms with van der Waals surface area (Å²) in [5.41, 5.74) is -9.00. The number of allylic oxidation sites excluding steroid dienone is 1. The number of rotatable bonds is 8. The molecule has 7 nitrogen and oxygen atoms in total. The van der Waals surface area contributed by atoms with Crippen LogP contribution in [0, 0.1) is 28.1 Å². The lowest BCUT2D eigenvalue weighted by Crippen LogP contribution is -2.59. The van der Waals surface area contributed by atoms with Crippen LogP contribution in [0.15, 0.2) is 25.0 Å². The number of hydrogen-bond acceptors (Lipinski definition) is 7. The fraction of sp³-hybridized carbons (Fsp3) is 0.783. The number of carbonyl (C=O) groups is 1. The first-order valence-electron chi connectivity index (χ1n) is 11.3. The van der Waals surface area contributed by atoms with E-state index >= 15 is 0 Å². The van der Waals surface area contributed by atoms with Gasteiger partial charge in [-0.3, -0.25) is 4.79 Å². The lowest BCUT2D eigenvalue weighted by atomic mass is 9.49. The largest absolute Gasteiger partial charge is 0.534 e. The molecule has 5 atom stereocenters. The highest BCUT2D eigenvalue weighted by atomic mass is 32.2. The van der Waals surface area contributed by atoms with E-state index in [-0.39, 0.29) is 57.2 Å². The van der Waals surface area contributed by atoms with Gasteiger partial charge in [-0.25, -0.2) is 0 Å². The molecule has 3 aliphatic rings. The number of alkyl halides is 3. The Balaban J connectivity index is 2.12. The topological polar surface area (TPSA) is 99.1 Å². The van der Waals surface area contributed by atoms with Crippen LogP contribution < -0.4 is 0 Å². The predicted octanol–water partition coefficient (Wildman–Crippen LogP) is 4.09. The molecule has 194 valence electrons. The fourth-order valence-corrected chi connectivity index (χ4v) is 6.66. The maximum Gasteiger partial charge on any atom is 0.534 e. The summed E-state index contributed by atoms with van der Waals surface area (Å²) in [6.45, 7) is 12.8. The van der Waals surface area contributed by atoms with Crippen LogP contribution in [0.25, 0.3) is 0 Å². The Bertz CT molecular complexity index is 956. The minimum absolute atomic E-state index is 0.0648. The van der Waals surface area contributed by atoms with Crippen LogP contribution in [0.1, 0.15) is 52.9 Å². The Kier molecular flexibility index (Phi) is 6.87. The molecule has 1 saturated heterocycles. The van der Waals surface area contributed by atoms with E-state index in [0.717, 1.165) is 0 Å². The number of carbonyl (C=O) groups excluding carboxylic acids is 1. The van der Waals surface area contributed by atoms with Gasteiger partial charge in [0.2, 0.25) is 0 Å². The summed E-state index contributed by atoms with van der Waals surface area (Å²) in [5.74, 6) is -3.14. The van der Waals surface area contributed by atoms with Gasteiger partial charge in [0.25, 0.3) is 0 Å². The molecule has 1 aliphatic heterocycles. The van der Waals surface area contributed by atoms with Crippen molar-refractivity contribution in [3.8, 4) is 0 Å². The Morgan fingerprint density at radius 3 is 2.32 bits per heavy atom. The minimum Gasteiger partial charge on any atom is -0.395 e. The second-order valence-electron chi connectivity index (χ2n) is 10.3. The second-order valence-corrected chi connectivity index (χ2v) is 11.9. The number of fused-ring (bicyclic) bond motifs is 2. The van der Waals surface area contributed by atoms with Crippen LogP contribution in [-0.2, 0) is 28.6 Å². The summed E-state index contributed by atoms with van der Waals surface area (Å²) in [5, 5.41) is 9.84. The van der Waals surface area contributed by atoms with E-state index in [0.29, 0.717) is 6.42 Å². The summed E-state index contributed by atoms with van der Waals surface area (Å²) >= 11 is 0. The average molecular weight is 511 g/mol. The molecule has 0 radical (unpaired) electrons. The van der Waals surface area contributed by atoms with Crippen molar-refractivity contribution in [2.24, 2.45) is 28.1 Å². The van der Waals surface area contributed by atoms with Crippen LogP contribution >= 0.6 is 0 Å². The average Bonchev–Trinajstić information content (AvgIpc) is 3.36. The summed E-state index contributed by atoms with van der Waals surface area (Å²) < 4.78 is 79.6. The molecule has 0 aromatic carbocycles. The fourth-order valence-electron chi connectivity index (χ4n) is 6.14. The summed E-state index contributed by atoms with van der Waals surface area (Å²) in [6.07, 6.45) is 2.57. The third-order valence-corrected chi connectivity index (χ3v) is 9.39. The van der Waals surface area contributed by atoms with E-state index in [4.69, 9.17) is 9.47 Å². The van der Waals surface area contributed by atoms with E-state index in [1.54, 1.807) is 13.8 Å². The molecule has 3 fully saturated rings. The first kappa shape index (κ1) is 27.2. The lowest BCUT2D eigenvalue weighted by molar-refractivity contribution is -0.237. The van der Waals surface area contributed by atoms with Crippen molar-refractivity contribution >= 4 is 15.9 Å². The van der Waals surface area contributed by atoms with Crippen molar-refractivity contribution in [2.75, 3.05) is 19.8 Å². The standard InChI is InChI=1S/C23H33F3O7S/c1-6-19(4,14-27)13-17(28)20(5)15(2)7-8-21(16(3)33-34(29,30)23(24,25)26)9-10-22(18(20)21)31-11-12-32-22/h6,15,18,27H,1,3,7-14H2,2,4-5H3/t15-,18?,19+,20+,21+/m1/s1. The van der Waals surface area contributed by atoms with Crippen molar-refractivity contribution < 1.29 is 45.1 Å². The van der Waals surface area contributed by atoms with E-state index < -0.39 is 49.3 Å². The first-order valence-corrected chi connectivity index (χ1v) is 12.7. The number of halogens is 3. The molecule has 0 amide bonds. The number of aliphatic hydroxyl groups is 1. The highest BCUT2D eigenvalue weighted by molar-refractivity contribution is 7.87. The van der Waals surface area contributed by atoms with Crippen molar-refractivity contribution in [3.63, 3.8) is 0 Å². The van der Waals surface area contributed by atoms with Gasteiger partial charge in [0.1, 0.15) is 11.5 Å². The van der Waals surface area contributed by atoms with Gasteiger partial charge in [0.15, 0.2) is 5.79 Å². The SMILES string of the molecule is C=C[C@](C)(CO)CC(=O)[C@@]1(C)C2C3(CC[C@]2(C(=C)OS(=O)(=O)C(F)(F)F)CC[C@H]1C)OCCO3. The number of ketones is 1. The van der Waals surface area contributed by atoms with Crippen LogP contribution in [0.4, 0.5) is 13.2 Å². The molecule has 2 saturated carbocycles. The Morgan fingerprint density at radius 1 is 1.24 bits per heavy atom. The number of aliphatic hydroxyl groups excluding tert-OH is 1. The molecular formula is C23H33F3O7S. The van der Waals surface area contributed by atoms with E-state index in [2.05, 4.69) is 17.3 Å². The molecule has 0 bridgehead atoms. The minimum atomic E-state index is -5.95. The van der Waals surface area contributed by atoms with Crippen LogP contribution in [0.5, 0.6) is 0 Å². The predicted molar refractivity (Wildman–Crippen MR) is 117 cm³/mol. The Labute approximate surface area is 198 Å². The highest BCUT2D eigenvalue weighted by Crippen LogP contribution is 2.69. The highest BCUT2D eigenvalue weighted by Gasteiger charge is 2.72. The zero-order valence-corrected chi connectivity index (χ0v) is 20.6. The van der Waals surface area contributed by atoms with Gasteiger partial charge in [-0.15, -0.1) is 6.58 Å². The van der Waals surface area contributed by atoms with E-state index in [1.165, 1.54) is 6.08 Å². The molecule has 0 aromatic heterocycles. The zero-order valence-electron chi connectivity index (χ0n) is 19.7. The summed E-state index contributed by atoms with van der Waals surface area (Å²) in [7, 11) is -5.95. The van der Waals surface area contributed by atoms with Crippen molar-refractivity contribution in [1.29, 1.82) is 0 Å². The Morgan fingerprint density at radius 2 is 1.82 bits per heavy atom. The molecule has 1 unspecified atom stereocenters. The molecule has 1 heterocycles. The number of ether oxygens (including phenoxy) is 2. The normalized spacial score (nSPS) is 34.9. The molecule has 1 spiro atoms. The summed E-state index contributed by atoms with van der Waals surface area (Å²) in [4.78, 5) is 13.9. The number of hydrogen-bond donors (Lipinski definition) is 1. The Hall–Kier alpha value is -1.43. The maximum absolute atomic E-state index is 13.9. The van der Waals surface area contributed by atoms with Gasteiger partial charge >= 0.3 is 15.6 Å². The van der Waals surface area contributed by atoms with Crippen LogP contribution in [-0.4, -0.2) is 50.4 Å². The van der Waals surface area contributed by atoms with Crippen molar-refractivity contribution in [2.45, 2.75) is 64.2 Å². The van der Waals surface area contributed by atoms with Gasteiger partial charge in [0, 0.05) is 35.0 Å². The monoisotopic (exact) mass is 510 g/mol. The van der Waals surface area contributed by atoms with E-state index in [1.807, 2.05) is 6.92 Å². The third-order valence-electron chi connectivity index (χ3n) is 8.40. The molecule has 34 heavy (non-hydrogen) atoms. The van der Waals surface area contributed by atoms with Crippen molar-refractivity contribution in [3.05, 3.63) is 25.0 Å². The molecule has 2 aliphatic carbocycles. The first-order chi connectivity index (χ1) is 15.5. The smallest absolute Gasteiger partial charge is 0.395 e. The van der Waals surface area contributed by atoms with Crippen LogP contribution in [0.3, 0.4) is 0 Å². The molecule has 0 aromatic rings. The van der Waals surface area contributed by atoms with Gasteiger partial charge < -0.3 is 18.8 Å². The third kappa shape index (κ3) is 4.02. The maximum atomic E-state index is 13.9. The molecule has 3 rings (SSSR count). The van der Waals surface area contributed by atoms with Gasteiger partial charge in [-0.1, -0.05) is 33.4 Å².